The number of hydrogen-bond acceptors (Lipinski definition) is 4. The lowest BCUT2D eigenvalue weighted by Crippen LogP contribution is -2.13. The van der Waals surface area contributed by atoms with Crippen molar-refractivity contribution in [3.05, 3.63) is 63.7 Å². The van der Waals surface area contributed by atoms with Crippen LogP contribution in [-0.4, -0.2) is 31.6 Å². The Morgan fingerprint density at radius 3 is 2.68 bits per heavy atom. The first-order valence-electron chi connectivity index (χ1n) is 7.22. The summed E-state index contributed by atoms with van der Waals surface area (Å²) in [6, 6.07) is 3.34. The number of rotatable bonds is 5. The van der Waals surface area contributed by atoms with E-state index < -0.39 is 17.4 Å². The zero-order valence-corrected chi connectivity index (χ0v) is 14.5. The molecule has 0 radical (unpaired) electrons. The zero-order chi connectivity index (χ0) is 18.1. The van der Waals surface area contributed by atoms with Gasteiger partial charge in [0, 0.05) is 12.1 Å². The minimum atomic E-state index is -0.859. The molecule has 9 heteroatoms. The summed E-state index contributed by atoms with van der Waals surface area (Å²) in [6.45, 7) is 2.36. The lowest BCUT2D eigenvalue weighted by atomic mass is 10.1. The Kier molecular flexibility index (Phi) is 4.58. The van der Waals surface area contributed by atoms with E-state index in [4.69, 9.17) is 0 Å². The Bertz CT molecular complexity index is 981. The van der Waals surface area contributed by atoms with Gasteiger partial charge in [0.2, 0.25) is 5.78 Å². The molecule has 3 rings (SSSR count). The van der Waals surface area contributed by atoms with Crippen LogP contribution < -0.4 is 0 Å². The highest BCUT2D eigenvalue weighted by molar-refractivity contribution is 9.10. The molecule has 0 amide bonds. The van der Waals surface area contributed by atoms with Gasteiger partial charge in [-0.15, -0.1) is 0 Å². The number of benzene rings is 1. The maximum atomic E-state index is 14.3. The summed E-state index contributed by atoms with van der Waals surface area (Å²) in [5.74, 6) is -2.15. The summed E-state index contributed by atoms with van der Waals surface area (Å²) in [7, 11) is 0. The van der Waals surface area contributed by atoms with Crippen LogP contribution in [0.2, 0.25) is 0 Å². The van der Waals surface area contributed by atoms with Crippen molar-refractivity contribution in [3.8, 4) is 5.69 Å². The summed E-state index contributed by atoms with van der Waals surface area (Å²) >= 11 is 3.26. The molecule has 3 aromatic rings. The van der Waals surface area contributed by atoms with E-state index in [1.54, 1.807) is 0 Å². The second kappa shape index (κ2) is 6.67. The third kappa shape index (κ3) is 2.91. The standard InChI is InChI=1S/C16H11BrF2N4O2/c1-2-22-16(17)11(6-20-22)15(25)14-12(19)7-21-23(14)13-4-3-10(18)5-9(13)8-24/h3-8H,2H2,1H3. The highest BCUT2D eigenvalue weighted by atomic mass is 79.9. The molecule has 0 unspecified atom stereocenters. The lowest BCUT2D eigenvalue weighted by Gasteiger charge is -2.09. The molecule has 0 aliphatic carbocycles. The van der Waals surface area contributed by atoms with E-state index in [0.29, 0.717) is 17.4 Å². The molecule has 2 aromatic heterocycles. The number of ketones is 1. The first-order chi connectivity index (χ1) is 12.0. The topological polar surface area (TPSA) is 69.8 Å². The first-order valence-corrected chi connectivity index (χ1v) is 8.01. The summed E-state index contributed by atoms with van der Waals surface area (Å²) in [5.41, 5.74) is -0.175. The van der Waals surface area contributed by atoms with Crippen molar-refractivity contribution < 1.29 is 18.4 Å². The zero-order valence-electron chi connectivity index (χ0n) is 12.9. The van der Waals surface area contributed by atoms with E-state index in [9.17, 15) is 18.4 Å². The monoisotopic (exact) mass is 408 g/mol. The average molecular weight is 409 g/mol. The third-order valence-electron chi connectivity index (χ3n) is 3.60. The number of nitrogens with zero attached hydrogens (tertiary/aromatic N) is 4. The normalized spacial score (nSPS) is 10.9. The molecule has 0 saturated carbocycles. The predicted molar refractivity (Wildman–Crippen MR) is 87.9 cm³/mol. The molecule has 6 nitrogen and oxygen atoms in total. The molecule has 1 aromatic carbocycles. The number of hydrogen-bond donors (Lipinski definition) is 0. The molecular formula is C16H11BrF2N4O2. The fraction of sp³-hybridized carbons (Fsp3) is 0.125. The number of aryl methyl sites for hydroxylation is 1. The fourth-order valence-corrected chi connectivity index (χ4v) is 3.02. The minimum absolute atomic E-state index is 0.0551. The number of aromatic nitrogens is 4. The summed E-state index contributed by atoms with van der Waals surface area (Å²) in [4.78, 5) is 24.0. The fourth-order valence-electron chi connectivity index (χ4n) is 2.40. The van der Waals surface area contributed by atoms with Crippen LogP contribution in [0.5, 0.6) is 0 Å². The molecule has 0 spiro atoms. The molecule has 2 heterocycles. The van der Waals surface area contributed by atoms with Gasteiger partial charge >= 0.3 is 0 Å². The molecule has 0 bridgehead atoms. The quantitative estimate of drug-likeness (QED) is 0.480. The van der Waals surface area contributed by atoms with Crippen LogP contribution >= 0.6 is 15.9 Å². The Balaban J connectivity index is 2.16. The van der Waals surface area contributed by atoms with Gasteiger partial charge in [0.25, 0.3) is 0 Å². The molecule has 0 aliphatic rings. The Labute approximate surface area is 149 Å². The molecule has 128 valence electrons. The highest BCUT2D eigenvalue weighted by Gasteiger charge is 2.26. The van der Waals surface area contributed by atoms with E-state index in [2.05, 4.69) is 26.1 Å². The van der Waals surface area contributed by atoms with Crippen molar-refractivity contribution in [1.29, 1.82) is 0 Å². The third-order valence-corrected chi connectivity index (χ3v) is 4.44. The summed E-state index contributed by atoms with van der Waals surface area (Å²) in [6.07, 6.45) is 2.60. The minimum Gasteiger partial charge on any atom is -0.298 e. The Morgan fingerprint density at radius 2 is 2.04 bits per heavy atom. The van der Waals surface area contributed by atoms with Gasteiger partial charge in [0.1, 0.15) is 10.4 Å². The van der Waals surface area contributed by atoms with Gasteiger partial charge in [0.15, 0.2) is 17.8 Å². The average Bonchev–Trinajstić information content (AvgIpc) is 3.16. The van der Waals surface area contributed by atoms with Crippen LogP contribution in [0.25, 0.3) is 5.69 Å². The number of halogens is 3. The van der Waals surface area contributed by atoms with E-state index in [1.807, 2.05) is 6.92 Å². The van der Waals surface area contributed by atoms with E-state index in [-0.39, 0.29) is 22.5 Å². The maximum Gasteiger partial charge on any atom is 0.218 e. The van der Waals surface area contributed by atoms with Crippen molar-refractivity contribution in [2.75, 3.05) is 0 Å². The SMILES string of the molecule is CCn1ncc(C(=O)c2c(F)cnn2-c2ccc(F)cc2C=O)c1Br. The predicted octanol–water partition coefficient (Wildman–Crippen LogP) is 3.17. The van der Waals surface area contributed by atoms with Crippen molar-refractivity contribution >= 4 is 28.0 Å². The van der Waals surface area contributed by atoms with Gasteiger partial charge in [-0.1, -0.05) is 0 Å². The van der Waals surface area contributed by atoms with Gasteiger partial charge in [-0.3, -0.25) is 14.3 Å². The van der Waals surface area contributed by atoms with Crippen LogP contribution in [-0.2, 0) is 6.54 Å². The van der Waals surface area contributed by atoms with Crippen LogP contribution in [0, 0.1) is 11.6 Å². The van der Waals surface area contributed by atoms with Gasteiger partial charge < -0.3 is 0 Å². The molecule has 0 saturated heterocycles. The molecule has 25 heavy (non-hydrogen) atoms. The van der Waals surface area contributed by atoms with Crippen molar-refractivity contribution in [2.45, 2.75) is 13.5 Å². The molecule has 0 atom stereocenters. The van der Waals surface area contributed by atoms with E-state index in [1.165, 1.54) is 16.9 Å². The van der Waals surface area contributed by atoms with Gasteiger partial charge in [-0.25, -0.2) is 13.5 Å². The molecular weight excluding hydrogens is 398 g/mol. The number of carbonyl (C=O) groups excluding carboxylic acids is 2. The van der Waals surface area contributed by atoms with E-state index in [0.717, 1.165) is 23.0 Å². The number of carbonyl (C=O) groups is 2. The Morgan fingerprint density at radius 1 is 1.28 bits per heavy atom. The molecule has 0 aliphatic heterocycles. The smallest absolute Gasteiger partial charge is 0.218 e. The lowest BCUT2D eigenvalue weighted by molar-refractivity contribution is 0.102. The second-order valence-electron chi connectivity index (χ2n) is 5.07. The molecule has 0 N–H and O–H groups in total. The van der Waals surface area contributed by atoms with Crippen LogP contribution in [0.15, 0.2) is 35.2 Å². The van der Waals surface area contributed by atoms with Crippen LogP contribution in [0.3, 0.4) is 0 Å². The van der Waals surface area contributed by atoms with E-state index >= 15 is 0 Å². The van der Waals surface area contributed by atoms with Crippen molar-refractivity contribution in [1.82, 2.24) is 19.6 Å². The number of aldehydes is 1. The van der Waals surface area contributed by atoms with Crippen LogP contribution in [0.4, 0.5) is 8.78 Å². The van der Waals surface area contributed by atoms with Crippen molar-refractivity contribution in [2.24, 2.45) is 0 Å². The summed E-state index contributed by atoms with van der Waals surface area (Å²) < 4.78 is 30.5. The first kappa shape index (κ1) is 17.2. The maximum absolute atomic E-state index is 14.3. The van der Waals surface area contributed by atoms with Crippen molar-refractivity contribution in [3.63, 3.8) is 0 Å². The largest absolute Gasteiger partial charge is 0.298 e. The molecule has 0 fully saturated rings. The van der Waals surface area contributed by atoms with Gasteiger partial charge in [0.05, 0.1) is 23.6 Å². The van der Waals surface area contributed by atoms with Gasteiger partial charge in [-0.2, -0.15) is 10.2 Å². The highest BCUT2D eigenvalue weighted by Crippen LogP contribution is 2.24. The second-order valence-corrected chi connectivity index (χ2v) is 5.82. The Hall–Kier alpha value is -2.68. The summed E-state index contributed by atoms with van der Waals surface area (Å²) in [5, 5.41) is 7.86. The van der Waals surface area contributed by atoms with Crippen LogP contribution in [0.1, 0.15) is 33.3 Å². The van der Waals surface area contributed by atoms with Gasteiger partial charge in [-0.05, 0) is 41.1 Å².